The first kappa shape index (κ1) is 11.9. The second-order valence-electron chi connectivity index (χ2n) is 3.83. The number of likely N-dealkylation sites (tertiary alicyclic amines) is 1. The number of aromatic nitrogens is 1. The van der Waals surface area contributed by atoms with Crippen LogP contribution in [0.4, 0.5) is 0 Å². The summed E-state index contributed by atoms with van der Waals surface area (Å²) in [4.78, 5) is 6.54. The first-order valence-electron chi connectivity index (χ1n) is 5.46. The maximum Gasteiger partial charge on any atom is 0.0360 e. The van der Waals surface area contributed by atoms with Crippen molar-refractivity contribution in [2.45, 2.75) is 25.8 Å². The van der Waals surface area contributed by atoms with Gasteiger partial charge in [0.1, 0.15) is 0 Å². The summed E-state index contributed by atoms with van der Waals surface area (Å²) in [5.41, 5.74) is 1.36. The Kier molecular flexibility index (Phi) is 5.05. The molecule has 2 rings (SSSR count). The van der Waals surface area contributed by atoms with Crippen molar-refractivity contribution in [3.63, 3.8) is 0 Å². The Labute approximate surface area is 92.6 Å². The fraction of sp³-hybridized carbons (Fsp3) is 0.462. The average molecular weight is 204 g/mol. The molecule has 1 aliphatic rings. The summed E-state index contributed by atoms with van der Waals surface area (Å²) in [5.74, 6) is 0. The molecule has 1 atom stereocenters. The molecule has 0 bridgehead atoms. The average Bonchev–Trinajstić information content (AvgIpc) is 2.67. The van der Waals surface area contributed by atoms with Crippen molar-refractivity contribution >= 4 is 0 Å². The van der Waals surface area contributed by atoms with Crippen LogP contribution in [0.25, 0.3) is 0 Å². The second kappa shape index (κ2) is 6.36. The molecule has 15 heavy (non-hydrogen) atoms. The molecule has 1 aliphatic heterocycles. The number of hydrogen-bond donors (Lipinski definition) is 0. The molecule has 0 N–H and O–H groups in total. The molecule has 1 saturated heterocycles. The summed E-state index contributed by atoms with van der Waals surface area (Å²) in [7, 11) is 2.19. The van der Waals surface area contributed by atoms with Crippen LogP contribution in [0.15, 0.2) is 37.2 Å². The molecule has 2 nitrogen and oxygen atoms in total. The zero-order valence-corrected chi connectivity index (χ0v) is 9.69. The first-order chi connectivity index (χ1) is 7.29. The van der Waals surface area contributed by atoms with Crippen LogP contribution in [0.2, 0.25) is 0 Å². The molecule has 0 radical (unpaired) electrons. The van der Waals surface area contributed by atoms with Crippen LogP contribution in [0.5, 0.6) is 0 Å². The van der Waals surface area contributed by atoms with Gasteiger partial charge < -0.3 is 0 Å². The minimum absolute atomic E-state index is 0.610. The highest BCUT2D eigenvalue weighted by Gasteiger charge is 2.21. The number of pyridine rings is 1. The van der Waals surface area contributed by atoms with Gasteiger partial charge in [-0.1, -0.05) is 12.1 Å². The highest BCUT2D eigenvalue weighted by Crippen LogP contribution is 2.29. The Morgan fingerprint density at radius 3 is 2.80 bits per heavy atom. The highest BCUT2D eigenvalue weighted by atomic mass is 15.1. The maximum atomic E-state index is 4.14. The van der Waals surface area contributed by atoms with Gasteiger partial charge in [0.05, 0.1) is 0 Å². The molecule has 1 aromatic heterocycles. The lowest BCUT2D eigenvalue weighted by Gasteiger charge is -2.18. The number of hydrogen-bond acceptors (Lipinski definition) is 2. The van der Waals surface area contributed by atoms with E-state index in [0.29, 0.717) is 6.04 Å². The summed E-state index contributed by atoms with van der Waals surface area (Å²) in [5, 5.41) is 0. The topological polar surface area (TPSA) is 16.1 Å². The molecule has 82 valence electrons. The number of allylic oxidation sites excluding steroid dienone is 1. The molecule has 1 fully saturated rings. The van der Waals surface area contributed by atoms with Crippen molar-refractivity contribution in [2.24, 2.45) is 0 Å². The summed E-state index contributed by atoms with van der Waals surface area (Å²) < 4.78 is 0. The molecule has 2 heteroatoms. The Morgan fingerprint density at radius 1 is 1.60 bits per heavy atom. The first-order valence-corrected chi connectivity index (χ1v) is 5.46. The van der Waals surface area contributed by atoms with E-state index in [9.17, 15) is 0 Å². The highest BCUT2D eigenvalue weighted by molar-refractivity contribution is 5.14. The van der Waals surface area contributed by atoms with E-state index in [1.165, 1.54) is 24.9 Å². The van der Waals surface area contributed by atoms with Crippen molar-refractivity contribution in [1.82, 2.24) is 9.88 Å². The molecule has 0 amide bonds. The van der Waals surface area contributed by atoms with Crippen molar-refractivity contribution in [2.75, 3.05) is 13.6 Å². The Balaban J connectivity index is 0.000000337. The molecule has 1 aromatic rings. The van der Waals surface area contributed by atoms with Gasteiger partial charge in [-0.25, -0.2) is 0 Å². The van der Waals surface area contributed by atoms with Gasteiger partial charge in [-0.2, -0.15) is 0 Å². The summed E-state index contributed by atoms with van der Waals surface area (Å²) in [6, 6.07) is 4.79. The van der Waals surface area contributed by atoms with Gasteiger partial charge in [0, 0.05) is 18.4 Å². The van der Waals surface area contributed by atoms with Crippen molar-refractivity contribution in [3.05, 3.63) is 42.7 Å². The van der Waals surface area contributed by atoms with Crippen molar-refractivity contribution < 1.29 is 0 Å². The zero-order valence-electron chi connectivity index (χ0n) is 9.69. The third-order valence-electron chi connectivity index (χ3n) is 2.59. The minimum Gasteiger partial charge on any atom is -0.299 e. The summed E-state index contributed by atoms with van der Waals surface area (Å²) in [6.45, 7) is 6.47. The predicted molar refractivity (Wildman–Crippen MR) is 64.7 cm³/mol. The lowest BCUT2D eigenvalue weighted by Crippen LogP contribution is -2.17. The van der Waals surface area contributed by atoms with Crippen molar-refractivity contribution in [1.29, 1.82) is 0 Å². The molecule has 0 spiro atoms. The molecule has 0 saturated carbocycles. The second-order valence-corrected chi connectivity index (χ2v) is 3.83. The van der Waals surface area contributed by atoms with Gasteiger partial charge >= 0.3 is 0 Å². The Hall–Kier alpha value is -1.15. The standard InChI is InChI=1S/C10H14N2.C3H6/c1-12-7-3-5-10(12)9-4-2-6-11-8-9;1-3-2/h2,4,6,8,10H,3,5,7H2,1H3;3H,1H2,2H3. The lowest BCUT2D eigenvalue weighted by atomic mass is 10.1. The SMILES string of the molecule is C=CC.CN1CCCC1c1cccnc1. The third-order valence-corrected chi connectivity index (χ3v) is 2.59. The Bertz CT molecular complexity index is 282. The van der Waals surface area contributed by atoms with E-state index in [4.69, 9.17) is 0 Å². The van der Waals surface area contributed by atoms with E-state index in [0.717, 1.165) is 0 Å². The van der Waals surface area contributed by atoms with Crippen LogP contribution in [0.3, 0.4) is 0 Å². The van der Waals surface area contributed by atoms with Crippen LogP contribution < -0.4 is 0 Å². The predicted octanol–water partition coefficient (Wildman–Crippen LogP) is 3.04. The number of nitrogens with zero attached hydrogens (tertiary/aromatic N) is 2. The summed E-state index contributed by atoms with van der Waals surface area (Å²) >= 11 is 0. The molecule has 0 aliphatic carbocycles. The molecular weight excluding hydrogens is 184 g/mol. The monoisotopic (exact) mass is 204 g/mol. The molecule has 2 heterocycles. The van der Waals surface area contributed by atoms with Gasteiger partial charge in [0.15, 0.2) is 0 Å². The van der Waals surface area contributed by atoms with Crippen LogP contribution in [0.1, 0.15) is 31.4 Å². The summed E-state index contributed by atoms with van der Waals surface area (Å²) in [6.07, 6.45) is 8.16. The van der Waals surface area contributed by atoms with Crippen LogP contribution in [0, 0.1) is 0 Å². The fourth-order valence-corrected chi connectivity index (χ4v) is 1.90. The van der Waals surface area contributed by atoms with E-state index in [1.54, 1.807) is 6.08 Å². The van der Waals surface area contributed by atoms with Gasteiger partial charge in [-0.05, 0) is 45.0 Å². The van der Waals surface area contributed by atoms with Gasteiger partial charge in [-0.3, -0.25) is 9.88 Å². The van der Waals surface area contributed by atoms with E-state index >= 15 is 0 Å². The Morgan fingerprint density at radius 2 is 2.33 bits per heavy atom. The minimum atomic E-state index is 0.610. The fourth-order valence-electron chi connectivity index (χ4n) is 1.90. The van der Waals surface area contributed by atoms with Crippen LogP contribution >= 0.6 is 0 Å². The molecule has 1 unspecified atom stereocenters. The lowest BCUT2D eigenvalue weighted by molar-refractivity contribution is 0.317. The maximum absolute atomic E-state index is 4.14. The third kappa shape index (κ3) is 3.48. The quantitative estimate of drug-likeness (QED) is 0.654. The molecule has 0 aromatic carbocycles. The smallest absolute Gasteiger partial charge is 0.0360 e. The van der Waals surface area contributed by atoms with Crippen LogP contribution in [-0.4, -0.2) is 23.5 Å². The molecular formula is C13H20N2. The number of rotatable bonds is 1. The van der Waals surface area contributed by atoms with E-state index in [-0.39, 0.29) is 0 Å². The van der Waals surface area contributed by atoms with Gasteiger partial charge in [-0.15, -0.1) is 6.58 Å². The van der Waals surface area contributed by atoms with Crippen LogP contribution in [-0.2, 0) is 0 Å². The van der Waals surface area contributed by atoms with E-state index in [2.05, 4.69) is 29.6 Å². The normalized spacial score (nSPS) is 20.5. The van der Waals surface area contributed by atoms with Gasteiger partial charge in [0.2, 0.25) is 0 Å². The van der Waals surface area contributed by atoms with Gasteiger partial charge in [0.25, 0.3) is 0 Å². The largest absolute Gasteiger partial charge is 0.299 e. The van der Waals surface area contributed by atoms with Crippen molar-refractivity contribution in [3.8, 4) is 0 Å². The zero-order chi connectivity index (χ0) is 11.1. The van der Waals surface area contributed by atoms with E-state index < -0.39 is 0 Å². The van der Waals surface area contributed by atoms with E-state index in [1.807, 2.05) is 25.4 Å².